The van der Waals surface area contributed by atoms with Crippen LogP contribution in [-0.2, 0) is 0 Å². The maximum Gasteiger partial charge on any atom is 0.255 e. The molecule has 6 heteroatoms. The van der Waals surface area contributed by atoms with Crippen LogP contribution in [0.4, 0.5) is 5.69 Å². The van der Waals surface area contributed by atoms with Crippen LogP contribution in [0.1, 0.15) is 26.3 Å². The summed E-state index contributed by atoms with van der Waals surface area (Å²) in [4.78, 5) is 27.8. The number of amides is 2. The lowest BCUT2D eigenvalue weighted by molar-refractivity contribution is 0.0995. The molecule has 0 saturated carbocycles. The van der Waals surface area contributed by atoms with E-state index in [9.17, 15) is 9.59 Å². The second-order valence-electron chi connectivity index (χ2n) is 5.66. The van der Waals surface area contributed by atoms with E-state index < -0.39 is 5.91 Å². The number of carbonyl (C=O) groups excluding carboxylic acids is 2. The van der Waals surface area contributed by atoms with Crippen molar-refractivity contribution in [2.24, 2.45) is 5.73 Å². The zero-order valence-corrected chi connectivity index (χ0v) is 14.1. The number of hydrogen-bond acceptors (Lipinski definition) is 4. The Labute approximate surface area is 150 Å². The Hall–Kier alpha value is -3.67. The van der Waals surface area contributed by atoms with Crippen molar-refractivity contribution in [1.82, 2.24) is 4.98 Å². The van der Waals surface area contributed by atoms with Gasteiger partial charge in [0.1, 0.15) is 11.5 Å². The van der Waals surface area contributed by atoms with Gasteiger partial charge in [-0.25, -0.2) is 0 Å². The predicted molar refractivity (Wildman–Crippen MR) is 98.4 cm³/mol. The SMILES string of the molecule is Cc1ccc(NC(=O)c2ccc(Oc3cccnc3)cc2)cc1C(N)=O. The first-order chi connectivity index (χ1) is 12.5. The van der Waals surface area contributed by atoms with E-state index in [-0.39, 0.29) is 5.91 Å². The van der Waals surface area contributed by atoms with Crippen molar-refractivity contribution in [3.8, 4) is 11.5 Å². The number of aryl methyl sites for hydroxylation is 1. The van der Waals surface area contributed by atoms with Crippen molar-refractivity contribution < 1.29 is 14.3 Å². The van der Waals surface area contributed by atoms with Gasteiger partial charge in [0.15, 0.2) is 0 Å². The summed E-state index contributed by atoms with van der Waals surface area (Å²) in [6.07, 6.45) is 3.27. The number of primary amides is 1. The minimum absolute atomic E-state index is 0.294. The maximum absolute atomic E-state index is 12.4. The lowest BCUT2D eigenvalue weighted by Gasteiger charge is -2.09. The normalized spacial score (nSPS) is 10.2. The molecule has 0 unspecified atom stereocenters. The second-order valence-corrected chi connectivity index (χ2v) is 5.66. The summed E-state index contributed by atoms with van der Waals surface area (Å²) in [6, 6.07) is 15.3. The first-order valence-corrected chi connectivity index (χ1v) is 7.92. The Balaban J connectivity index is 1.70. The number of nitrogens with two attached hydrogens (primary N) is 1. The first-order valence-electron chi connectivity index (χ1n) is 7.92. The molecule has 0 radical (unpaired) electrons. The van der Waals surface area contributed by atoms with Crippen LogP contribution in [0.2, 0.25) is 0 Å². The van der Waals surface area contributed by atoms with Gasteiger partial charge in [0.25, 0.3) is 5.91 Å². The highest BCUT2D eigenvalue weighted by Crippen LogP contribution is 2.21. The monoisotopic (exact) mass is 347 g/mol. The highest BCUT2D eigenvalue weighted by atomic mass is 16.5. The molecule has 6 nitrogen and oxygen atoms in total. The zero-order valence-electron chi connectivity index (χ0n) is 14.1. The molecule has 130 valence electrons. The van der Waals surface area contributed by atoms with Gasteiger partial charge < -0.3 is 15.8 Å². The third-order valence-electron chi connectivity index (χ3n) is 3.75. The summed E-state index contributed by atoms with van der Waals surface area (Å²) < 4.78 is 5.64. The summed E-state index contributed by atoms with van der Waals surface area (Å²) in [7, 11) is 0. The van der Waals surface area contributed by atoms with Crippen molar-refractivity contribution in [1.29, 1.82) is 0 Å². The molecule has 2 amide bonds. The largest absolute Gasteiger partial charge is 0.456 e. The molecule has 0 bridgehead atoms. The number of benzene rings is 2. The van der Waals surface area contributed by atoms with E-state index in [0.29, 0.717) is 28.3 Å². The number of aromatic nitrogens is 1. The fraction of sp³-hybridized carbons (Fsp3) is 0.0500. The summed E-state index contributed by atoms with van der Waals surface area (Å²) in [6.45, 7) is 1.78. The van der Waals surface area contributed by atoms with Crippen LogP contribution in [0.5, 0.6) is 11.5 Å². The highest BCUT2D eigenvalue weighted by molar-refractivity contribution is 6.05. The molecule has 3 N–H and O–H groups in total. The van der Waals surface area contributed by atoms with Crippen molar-refractivity contribution in [3.63, 3.8) is 0 Å². The van der Waals surface area contributed by atoms with Crippen molar-refractivity contribution >= 4 is 17.5 Å². The van der Waals surface area contributed by atoms with Gasteiger partial charge in [0.05, 0.1) is 6.20 Å². The van der Waals surface area contributed by atoms with E-state index in [0.717, 1.165) is 5.56 Å². The van der Waals surface area contributed by atoms with Gasteiger partial charge >= 0.3 is 0 Å². The maximum atomic E-state index is 12.4. The fourth-order valence-corrected chi connectivity index (χ4v) is 2.39. The van der Waals surface area contributed by atoms with Crippen LogP contribution in [0.15, 0.2) is 67.0 Å². The highest BCUT2D eigenvalue weighted by Gasteiger charge is 2.10. The van der Waals surface area contributed by atoms with Gasteiger partial charge in [0.2, 0.25) is 5.91 Å². The molecule has 0 saturated heterocycles. The molecule has 3 aromatic rings. The Bertz CT molecular complexity index is 938. The molecule has 1 aromatic heterocycles. The van der Waals surface area contributed by atoms with Crippen molar-refractivity contribution in [2.45, 2.75) is 6.92 Å². The van der Waals surface area contributed by atoms with E-state index in [1.165, 1.54) is 0 Å². The average Bonchev–Trinajstić information content (AvgIpc) is 2.64. The number of pyridine rings is 1. The smallest absolute Gasteiger partial charge is 0.255 e. The van der Waals surface area contributed by atoms with Crippen LogP contribution in [0.3, 0.4) is 0 Å². The molecule has 0 spiro atoms. The van der Waals surface area contributed by atoms with Crippen LogP contribution >= 0.6 is 0 Å². The zero-order chi connectivity index (χ0) is 18.5. The van der Waals surface area contributed by atoms with Crippen LogP contribution in [0, 0.1) is 6.92 Å². The van der Waals surface area contributed by atoms with Crippen LogP contribution in [0.25, 0.3) is 0 Å². The number of hydrogen-bond donors (Lipinski definition) is 2. The average molecular weight is 347 g/mol. The number of nitrogens with one attached hydrogen (secondary N) is 1. The number of rotatable bonds is 5. The predicted octanol–water partition coefficient (Wildman–Crippen LogP) is 3.53. The molecular weight excluding hydrogens is 330 g/mol. The van der Waals surface area contributed by atoms with E-state index in [4.69, 9.17) is 10.5 Å². The van der Waals surface area contributed by atoms with Crippen molar-refractivity contribution in [2.75, 3.05) is 5.32 Å². The Kier molecular flexibility index (Phi) is 4.94. The molecule has 0 fully saturated rings. The lowest BCUT2D eigenvalue weighted by atomic mass is 10.1. The van der Waals surface area contributed by atoms with Crippen LogP contribution < -0.4 is 15.8 Å². The molecule has 2 aromatic carbocycles. The third-order valence-corrected chi connectivity index (χ3v) is 3.75. The van der Waals surface area contributed by atoms with Gasteiger partial charge in [-0.3, -0.25) is 14.6 Å². The molecular formula is C20H17N3O3. The first kappa shape index (κ1) is 17.2. The minimum atomic E-state index is -0.532. The molecule has 1 heterocycles. The molecule has 0 atom stereocenters. The summed E-state index contributed by atoms with van der Waals surface area (Å²) in [5, 5.41) is 2.75. The van der Waals surface area contributed by atoms with Crippen molar-refractivity contribution in [3.05, 3.63) is 83.7 Å². The number of carbonyl (C=O) groups is 2. The van der Waals surface area contributed by atoms with E-state index in [1.54, 1.807) is 73.9 Å². The number of anilines is 1. The molecule has 26 heavy (non-hydrogen) atoms. The van der Waals surface area contributed by atoms with Crippen LogP contribution in [-0.4, -0.2) is 16.8 Å². The Morgan fingerprint density at radius 3 is 2.46 bits per heavy atom. The quantitative estimate of drug-likeness (QED) is 0.738. The summed E-state index contributed by atoms with van der Waals surface area (Å²) >= 11 is 0. The third kappa shape index (κ3) is 4.05. The van der Waals surface area contributed by atoms with Gasteiger partial charge in [-0.15, -0.1) is 0 Å². The minimum Gasteiger partial charge on any atom is -0.456 e. The fourth-order valence-electron chi connectivity index (χ4n) is 2.39. The number of ether oxygens (including phenoxy) is 1. The van der Waals surface area contributed by atoms with Gasteiger partial charge in [-0.05, 0) is 61.0 Å². The topological polar surface area (TPSA) is 94.3 Å². The second kappa shape index (κ2) is 7.48. The lowest BCUT2D eigenvalue weighted by Crippen LogP contribution is -2.15. The summed E-state index contributed by atoms with van der Waals surface area (Å²) in [5.41, 5.74) is 7.44. The molecule has 3 rings (SSSR count). The molecule has 0 aliphatic rings. The molecule has 0 aliphatic heterocycles. The van der Waals surface area contributed by atoms with E-state index >= 15 is 0 Å². The summed E-state index contributed by atoms with van der Waals surface area (Å²) in [5.74, 6) is 0.386. The molecule has 0 aliphatic carbocycles. The van der Waals surface area contributed by atoms with Gasteiger partial charge in [-0.1, -0.05) is 6.07 Å². The van der Waals surface area contributed by atoms with Gasteiger partial charge in [-0.2, -0.15) is 0 Å². The Morgan fingerprint density at radius 1 is 1.04 bits per heavy atom. The standard InChI is InChI=1S/C20H17N3O3/c1-13-4-7-15(11-18(13)19(21)24)23-20(25)14-5-8-16(9-6-14)26-17-3-2-10-22-12-17/h2-12H,1H3,(H2,21,24)(H,23,25). The van der Waals surface area contributed by atoms with E-state index in [1.807, 2.05) is 0 Å². The van der Waals surface area contributed by atoms with Gasteiger partial charge in [0, 0.05) is 23.0 Å². The van der Waals surface area contributed by atoms with E-state index in [2.05, 4.69) is 10.3 Å². The number of nitrogens with zero attached hydrogens (tertiary/aromatic N) is 1. The Morgan fingerprint density at radius 2 is 1.81 bits per heavy atom.